The summed E-state index contributed by atoms with van der Waals surface area (Å²) in [7, 11) is 0. The quantitative estimate of drug-likeness (QED) is 0.746. The van der Waals surface area contributed by atoms with Crippen LogP contribution in [0, 0.1) is 5.92 Å². The number of carbonyl (C=O) groups is 2. The Kier molecular flexibility index (Phi) is 4.48. The molecule has 0 aromatic carbocycles. The highest BCUT2D eigenvalue weighted by atomic mass is 16.4. The lowest BCUT2D eigenvalue weighted by Crippen LogP contribution is -2.43. The molecular formula is C15H24N2O3. The van der Waals surface area contributed by atoms with Crippen LogP contribution in [0.1, 0.15) is 33.1 Å². The lowest BCUT2D eigenvalue weighted by molar-refractivity contribution is -0.143. The lowest BCUT2D eigenvalue weighted by Gasteiger charge is -2.27. The first kappa shape index (κ1) is 15.0. The minimum absolute atomic E-state index is 0.0463. The molecule has 20 heavy (non-hydrogen) atoms. The molecule has 2 saturated heterocycles. The maximum Gasteiger partial charge on any atom is 0.308 e. The van der Waals surface area contributed by atoms with Gasteiger partial charge in [-0.1, -0.05) is 12.2 Å². The summed E-state index contributed by atoms with van der Waals surface area (Å²) in [5.74, 6) is -0.930. The van der Waals surface area contributed by atoms with E-state index in [2.05, 4.69) is 11.5 Å². The number of carbonyl (C=O) groups excluding carboxylic acids is 1. The monoisotopic (exact) mass is 280 g/mol. The summed E-state index contributed by atoms with van der Waals surface area (Å²) in [5, 5.41) is 9.23. The molecule has 0 radical (unpaired) electrons. The van der Waals surface area contributed by atoms with E-state index in [-0.39, 0.29) is 23.9 Å². The van der Waals surface area contributed by atoms with Crippen molar-refractivity contribution in [1.29, 1.82) is 0 Å². The van der Waals surface area contributed by atoms with Crippen LogP contribution in [0.25, 0.3) is 0 Å². The van der Waals surface area contributed by atoms with Crippen LogP contribution in [-0.4, -0.2) is 58.5 Å². The predicted molar refractivity (Wildman–Crippen MR) is 76.3 cm³/mol. The third-order valence-corrected chi connectivity index (χ3v) is 4.51. The van der Waals surface area contributed by atoms with Crippen molar-refractivity contribution in [3.8, 4) is 0 Å². The van der Waals surface area contributed by atoms with Crippen LogP contribution in [0.4, 0.5) is 0 Å². The molecule has 2 heterocycles. The van der Waals surface area contributed by atoms with Crippen LogP contribution in [0.15, 0.2) is 12.2 Å². The summed E-state index contributed by atoms with van der Waals surface area (Å²) in [5.41, 5.74) is 0.966. The van der Waals surface area contributed by atoms with Crippen LogP contribution in [0.3, 0.4) is 0 Å². The van der Waals surface area contributed by atoms with Gasteiger partial charge in [0.1, 0.15) is 0 Å². The molecule has 3 unspecified atom stereocenters. The highest BCUT2D eigenvalue weighted by Crippen LogP contribution is 2.41. The Bertz CT molecular complexity index is 421. The van der Waals surface area contributed by atoms with Crippen LogP contribution < -0.4 is 0 Å². The van der Waals surface area contributed by atoms with E-state index >= 15 is 0 Å². The molecular weight excluding hydrogens is 256 g/mol. The molecule has 2 rings (SSSR count). The van der Waals surface area contributed by atoms with Gasteiger partial charge in [0.2, 0.25) is 5.91 Å². The average molecular weight is 280 g/mol. The Balaban J connectivity index is 1.98. The second-order valence-electron chi connectivity index (χ2n) is 6.02. The van der Waals surface area contributed by atoms with Gasteiger partial charge in [-0.3, -0.25) is 14.5 Å². The molecule has 0 aliphatic carbocycles. The van der Waals surface area contributed by atoms with Crippen molar-refractivity contribution in [1.82, 2.24) is 9.80 Å². The standard InChI is InChI=1S/C15H24N2O3/c1-4-16(8-10(2)3)14(18)9-17-11-5-6-13(17)12(7-11)15(19)20/h11-13H,2,4-9H2,1,3H3,(H,19,20). The Hall–Kier alpha value is -1.36. The predicted octanol–water partition coefficient (Wildman–Crippen LogP) is 1.35. The molecule has 2 fully saturated rings. The van der Waals surface area contributed by atoms with E-state index < -0.39 is 5.97 Å². The number of aliphatic carboxylic acids is 1. The lowest BCUT2D eigenvalue weighted by atomic mass is 9.89. The van der Waals surface area contributed by atoms with Gasteiger partial charge in [0, 0.05) is 25.2 Å². The minimum Gasteiger partial charge on any atom is -0.481 e. The van der Waals surface area contributed by atoms with E-state index in [0.717, 1.165) is 18.4 Å². The average Bonchev–Trinajstić information content (AvgIpc) is 2.92. The van der Waals surface area contributed by atoms with Crippen LogP contribution in [-0.2, 0) is 9.59 Å². The van der Waals surface area contributed by atoms with Gasteiger partial charge in [0.25, 0.3) is 0 Å². The van der Waals surface area contributed by atoms with Crippen molar-refractivity contribution in [3.05, 3.63) is 12.2 Å². The van der Waals surface area contributed by atoms with Gasteiger partial charge >= 0.3 is 5.97 Å². The zero-order chi connectivity index (χ0) is 14.9. The first-order valence-electron chi connectivity index (χ1n) is 7.34. The highest BCUT2D eigenvalue weighted by molar-refractivity contribution is 5.79. The molecule has 2 aliphatic rings. The molecule has 1 amide bonds. The van der Waals surface area contributed by atoms with E-state index in [1.807, 2.05) is 13.8 Å². The fourth-order valence-electron chi connectivity index (χ4n) is 3.57. The largest absolute Gasteiger partial charge is 0.481 e. The van der Waals surface area contributed by atoms with Crippen molar-refractivity contribution in [2.45, 2.75) is 45.2 Å². The summed E-state index contributed by atoms with van der Waals surface area (Å²) in [6.45, 7) is 9.32. The first-order chi connectivity index (χ1) is 9.43. The molecule has 1 N–H and O–H groups in total. The molecule has 0 aromatic rings. The van der Waals surface area contributed by atoms with Gasteiger partial charge in [-0.25, -0.2) is 0 Å². The van der Waals surface area contributed by atoms with E-state index in [9.17, 15) is 14.7 Å². The maximum atomic E-state index is 12.4. The van der Waals surface area contributed by atoms with E-state index in [1.54, 1.807) is 4.90 Å². The van der Waals surface area contributed by atoms with Gasteiger partial charge < -0.3 is 10.0 Å². The van der Waals surface area contributed by atoms with Gasteiger partial charge in [-0.15, -0.1) is 0 Å². The van der Waals surface area contributed by atoms with Gasteiger partial charge in [0.15, 0.2) is 0 Å². The van der Waals surface area contributed by atoms with Crippen LogP contribution in [0.2, 0.25) is 0 Å². The van der Waals surface area contributed by atoms with E-state index in [0.29, 0.717) is 26.1 Å². The number of hydrogen-bond acceptors (Lipinski definition) is 3. The SMILES string of the molecule is C=C(C)CN(CC)C(=O)CN1C2CCC1C(C(=O)O)C2. The number of carboxylic acid groups (broad SMARTS) is 1. The minimum atomic E-state index is -0.719. The smallest absolute Gasteiger partial charge is 0.308 e. The number of hydrogen-bond donors (Lipinski definition) is 1. The van der Waals surface area contributed by atoms with Gasteiger partial charge in [0.05, 0.1) is 12.5 Å². The summed E-state index contributed by atoms with van der Waals surface area (Å²) in [4.78, 5) is 27.5. The molecule has 0 aromatic heterocycles. The zero-order valence-electron chi connectivity index (χ0n) is 12.3. The Labute approximate surface area is 120 Å². The number of likely N-dealkylation sites (N-methyl/N-ethyl adjacent to an activating group) is 1. The number of nitrogens with zero attached hydrogens (tertiary/aromatic N) is 2. The second kappa shape index (κ2) is 5.95. The molecule has 112 valence electrons. The molecule has 2 bridgehead atoms. The maximum absolute atomic E-state index is 12.4. The third-order valence-electron chi connectivity index (χ3n) is 4.51. The fraction of sp³-hybridized carbons (Fsp3) is 0.733. The Morgan fingerprint density at radius 3 is 2.60 bits per heavy atom. The zero-order valence-corrected chi connectivity index (χ0v) is 12.3. The highest BCUT2D eigenvalue weighted by Gasteiger charge is 2.49. The summed E-state index contributed by atoms with van der Waals surface area (Å²) in [6, 6.07) is 0.318. The van der Waals surface area contributed by atoms with Gasteiger partial charge in [-0.2, -0.15) is 0 Å². The molecule has 5 heteroatoms. The number of amides is 1. The molecule has 3 atom stereocenters. The van der Waals surface area contributed by atoms with Crippen molar-refractivity contribution in [2.75, 3.05) is 19.6 Å². The van der Waals surface area contributed by atoms with E-state index in [4.69, 9.17) is 0 Å². The Morgan fingerprint density at radius 2 is 2.10 bits per heavy atom. The van der Waals surface area contributed by atoms with Crippen molar-refractivity contribution in [2.24, 2.45) is 5.92 Å². The normalized spacial score (nSPS) is 28.6. The van der Waals surface area contributed by atoms with Gasteiger partial charge in [-0.05, 0) is 33.1 Å². The van der Waals surface area contributed by atoms with Crippen molar-refractivity contribution < 1.29 is 14.7 Å². The molecule has 2 aliphatic heterocycles. The van der Waals surface area contributed by atoms with Crippen LogP contribution >= 0.6 is 0 Å². The molecule has 0 spiro atoms. The molecule has 0 saturated carbocycles. The Morgan fingerprint density at radius 1 is 1.40 bits per heavy atom. The number of carboxylic acids is 1. The third kappa shape index (κ3) is 2.87. The molecule has 5 nitrogen and oxygen atoms in total. The summed E-state index contributed by atoms with van der Waals surface area (Å²) < 4.78 is 0. The fourth-order valence-corrected chi connectivity index (χ4v) is 3.57. The summed E-state index contributed by atoms with van der Waals surface area (Å²) in [6.07, 6.45) is 2.62. The first-order valence-corrected chi connectivity index (χ1v) is 7.34. The number of rotatable bonds is 6. The topological polar surface area (TPSA) is 60.9 Å². The van der Waals surface area contributed by atoms with Crippen molar-refractivity contribution in [3.63, 3.8) is 0 Å². The van der Waals surface area contributed by atoms with E-state index in [1.165, 1.54) is 0 Å². The summed E-state index contributed by atoms with van der Waals surface area (Å²) >= 11 is 0. The number of fused-ring (bicyclic) bond motifs is 2. The second-order valence-corrected chi connectivity index (χ2v) is 6.02. The van der Waals surface area contributed by atoms with Crippen molar-refractivity contribution >= 4 is 11.9 Å². The van der Waals surface area contributed by atoms with Crippen LogP contribution in [0.5, 0.6) is 0 Å².